The van der Waals surface area contributed by atoms with Crippen molar-refractivity contribution in [3.63, 3.8) is 0 Å². The second-order valence-electron chi connectivity index (χ2n) is 9.42. The van der Waals surface area contributed by atoms with Crippen molar-refractivity contribution in [2.24, 2.45) is 0 Å². The summed E-state index contributed by atoms with van der Waals surface area (Å²) in [5.74, 6) is -0.372. The number of rotatable bonds is 7. The van der Waals surface area contributed by atoms with Crippen molar-refractivity contribution in [3.05, 3.63) is 64.7 Å². The number of fused-ring (bicyclic) bond motifs is 1. The lowest BCUT2D eigenvalue weighted by Crippen LogP contribution is -2.52. The molecule has 178 valence electrons. The van der Waals surface area contributed by atoms with Gasteiger partial charge in [0.25, 0.3) is 5.91 Å². The summed E-state index contributed by atoms with van der Waals surface area (Å²) in [4.78, 5) is 37.6. The lowest BCUT2D eigenvalue weighted by Gasteiger charge is -2.32. The third kappa shape index (κ3) is 4.71. The van der Waals surface area contributed by atoms with Gasteiger partial charge in [-0.2, -0.15) is 5.01 Å². The van der Waals surface area contributed by atoms with E-state index in [1.807, 2.05) is 6.07 Å². The van der Waals surface area contributed by atoms with Gasteiger partial charge >= 0.3 is 0 Å². The van der Waals surface area contributed by atoms with Gasteiger partial charge in [0.2, 0.25) is 11.8 Å². The number of nitrogens with zero attached hydrogens (tertiary/aromatic N) is 2. The van der Waals surface area contributed by atoms with Crippen LogP contribution in [-0.2, 0) is 29.3 Å². The van der Waals surface area contributed by atoms with E-state index in [1.54, 1.807) is 12.1 Å². The maximum absolute atomic E-state index is 12.9. The van der Waals surface area contributed by atoms with Gasteiger partial charge in [-0.1, -0.05) is 49.6 Å². The molecule has 2 heterocycles. The lowest BCUT2D eigenvalue weighted by molar-refractivity contribution is -0.163. The van der Waals surface area contributed by atoms with Crippen molar-refractivity contribution in [2.45, 2.75) is 77.1 Å². The fourth-order valence-corrected chi connectivity index (χ4v) is 5.08. The molecule has 1 saturated heterocycles. The van der Waals surface area contributed by atoms with Crippen LogP contribution in [0.1, 0.15) is 78.4 Å². The minimum Gasteiger partial charge on any atom is -0.489 e. The highest BCUT2D eigenvalue weighted by Crippen LogP contribution is 2.33. The molecule has 2 aliphatic heterocycles. The summed E-state index contributed by atoms with van der Waals surface area (Å²) in [6.45, 7) is 1.42. The van der Waals surface area contributed by atoms with Crippen LogP contribution in [0, 0.1) is 0 Å². The topological polar surface area (TPSA) is 79.0 Å². The van der Waals surface area contributed by atoms with Crippen molar-refractivity contribution < 1.29 is 19.1 Å². The number of ether oxygens (including phenoxy) is 1. The summed E-state index contributed by atoms with van der Waals surface area (Å²) in [7, 11) is 0. The normalized spacial score (nSPS) is 19.0. The van der Waals surface area contributed by atoms with Crippen LogP contribution >= 0.6 is 0 Å². The van der Waals surface area contributed by atoms with Crippen molar-refractivity contribution in [3.8, 4) is 5.75 Å². The molecule has 0 radical (unpaired) electrons. The highest BCUT2D eigenvalue weighted by molar-refractivity contribution is 6.04. The third-order valence-corrected chi connectivity index (χ3v) is 7.02. The van der Waals surface area contributed by atoms with Gasteiger partial charge in [-0.3, -0.25) is 14.4 Å². The molecular weight excluding hydrogens is 430 g/mol. The number of imide groups is 1. The molecule has 3 amide bonds. The Morgan fingerprint density at radius 1 is 0.853 bits per heavy atom. The number of hydrogen-bond donors (Lipinski definition) is 1. The molecule has 7 nitrogen and oxygen atoms in total. The lowest BCUT2D eigenvalue weighted by atomic mass is 9.95. The summed E-state index contributed by atoms with van der Waals surface area (Å²) in [6, 6.07) is 14.4. The van der Waals surface area contributed by atoms with Crippen LogP contribution in [0.3, 0.4) is 0 Å². The van der Waals surface area contributed by atoms with Gasteiger partial charge in [-0.15, -0.1) is 0 Å². The molecule has 1 aliphatic carbocycles. The first-order valence-electron chi connectivity index (χ1n) is 12.3. The van der Waals surface area contributed by atoms with E-state index in [0.717, 1.165) is 17.1 Å². The number of hydrazine groups is 1. The predicted octanol–water partition coefficient (Wildman–Crippen LogP) is 4.10. The quantitative estimate of drug-likeness (QED) is 0.628. The molecule has 34 heavy (non-hydrogen) atoms. The Hall–Kier alpha value is -3.19. The van der Waals surface area contributed by atoms with E-state index < -0.39 is 0 Å². The number of carbonyl (C=O) groups excluding carboxylic acids is 3. The zero-order chi connectivity index (χ0) is 23.5. The summed E-state index contributed by atoms with van der Waals surface area (Å²) in [5.41, 5.74) is 3.49. The minimum absolute atomic E-state index is 0.160. The first-order chi connectivity index (χ1) is 16.6. The van der Waals surface area contributed by atoms with Crippen LogP contribution in [0.25, 0.3) is 0 Å². The van der Waals surface area contributed by atoms with Crippen LogP contribution in [-0.4, -0.2) is 33.8 Å². The first-order valence-corrected chi connectivity index (χ1v) is 12.3. The molecule has 2 fully saturated rings. The van der Waals surface area contributed by atoms with Crippen LogP contribution in [0.2, 0.25) is 0 Å². The fourth-order valence-electron chi connectivity index (χ4n) is 5.08. The number of benzene rings is 2. The van der Waals surface area contributed by atoms with Crippen LogP contribution in [0.4, 0.5) is 0 Å². The third-order valence-electron chi connectivity index (χ3n) is 7.02. The van der Waals surface area contributed by atoms with Gasteiger partial charge in [0.15, 0.2) is 0 Å². The molecule has 0 aromatic heterocycles. The van der Waals surface area contributed by atoms with Crippen molar-refractivity contribution in [2.75, 3.05) is 0 Å². The molecular formula is C27H31N3O4. The average Bonchev–Trinajstić information content (AvgIpc) is 3.19. The molecule has 0 spiro atoms. The summed E-state index contributed by atoms with van der Waals surface area (Å²) >= 11 is 0. The van der Waals surface area contributed by atoms with Crippen LogP contribution in [0.5, 0.6) is 5.75 Å². The Balaban J connectivity index is 1.21. The average molecular weight is 462 g/mol. The zero-order valence-corrected chi connectivity index (χ0v) is 19.4. The van der Waals surface area contributed by atoms with Crippen molar-refractivity contribution >= 4 is 17.7 Å². The number of nitrogens with one attached hydrogen (secondary N) is 1. The summed E-state index contributed by atoms with van der Waals surface area (Å²) < 4.78 is 6.08. The Morgan fingerprint density at radius 3 is 2.29 bits per heavy atom. The van der Waals surface area contributed by atoms with Crippen LogP contribution < -0.4 is 10.1 Å². The second-order valence-corrected chi connectivity index (χ2v) is 9.42. The summed E-state index contributed by atoms with van der Waals surface area (Å²) in [5, 5.41) is 5.95. The molecule has 2 aromatic carbocycles. The highest BCUT2D eigenvalue weighted by atomic mass is 16.5. The fraction of sp³-hybridized carbons (Fsp3) is 0.444. The first kappa shape index (κ1) is 22.6. The molecule has 1 N–H and O–H groups in total. The van der Waals surface area contributed by atoms with E-state index in [-0.39, 0.29) is 37.1 Å². The van der Waals surface area contributed by atoms with Gasteiger partial charge in [0.05, 0.1) is 12.1 Å². The Kier molecular flexibility index (Phi) is 6.63. The summed E-state index contributed by atoms with van der Waals surface area (Å²) in [6.07, 6.45) is 7.64. The number of carbonyl (C=O) groups is 3. The van der Waals surface area contributed by atoms with Gasteiger partial charge in [-0.05, 0) is 42.5 Å². The Labute approximate surface area is 200 Å². The number of hydrogen-bond acceptors (Lipinski definition) is 5. The molecule has 0 atom stereocenters. The second kappa shape index (κ2) is 9.97. The van der Waals surface area contributed by atoms with E-state index in [2.05, 4.69) is 29.6 Å². The standard InChI is InChI=1S/C27H31N3O4/c31-25-10-5-11-26(32)30(25)29-17-23-22(27(29)33)8-4-9-24(23)34-18-20-14-12-19(13-15-20)16-28-21-6-2-1-3-7-21/h4,8-9,12-15,21,28H,1-3,5-7,10-11,16-18H2. The van der Waals surface area contributed by atoms with E-state index in [0.29, 0.717) is 35.9 Å². The molecule has 2 aromatic rings. The smallest absolute Gasteiger partial charge is 0.273 e. The van der Waals surface area contributed by atoms with E-state index >= 15 is 0 Å². The van der Waals surface area contributed by atoms with Crippen molar-refractivity contribution in [1.82, 2.24) is 15.3 Å². The Morgan fingerprint density at radius 2 is 1.56 bits per heavy atom. The molecule has 0 unspecified atom stereocenters. The molecule has 3 aliphatic rings. The SMILES string of the molecule is O=C1c2cccc(OCc3ccc(CNC4CCCCC4)cc3)c2CN1N1C(=O)CCCC1=O. The zero-order valence-electron chi connectivity index (χ0n) is 19.4. The molecule has 5 rings (SSSR count). The van der Waals surface area contributed by atoms with E-state index in [4.69, 9.17) is 4.74 Å². The molecule has 1 saturated carbocycles. The van der Waals surface area contributed by atoms with Gasteiger partial charge in [0, 0.05) is 31.0 Å². The Bertz CT molecular complexity index is 1060. The van der Waals surface area contributed by atoms with Crippen molar-refractivity contribution in [1.29, 1.82) is 0 Å². The number of amides is 3. The molecule has 7 heteroatoms. The van der Waals surface area contributed by atoms with Crippen LogP contribution in [0.15, 0.2) is 42.5 Å². The maximum atomic E-state index is 12.9. The maximum Gasteiger partial charge on any atom is 0.273 e. The van der Waals surface area contributed by atoms with E-state index in [9.17, 15) is 14.4 Å². The predicted molar refractivity (Wildman–Crippen MR) is 127 cm³/mol. The molecule has 0 bridgehead atoms. The van der Waals surface area contributed by atoms with Gasteiger partial charge in [0.1, 0.15) is 12.4 Å². The minimum atomic E-state index is -0.334. The van der Waals surface area contributed by atoms with E-state index in [1.165, 1.54) is 42.7 Å². The monoisotopic (exact) mass is 461 g/mol. The number of piperidine rings is 1. The largest absolute Gasteiger partial charge is 0.489 e. The highest BCUT2D eigenvalue weighted by Gasteiger charge is 2.40. The van der Waals surface area contributed by atoms with Gasteiger partial charge in [-0.25, -0.2) is 5.01 Å². The van der Waals surface area contributed by atoms with Gasteiger partial charge < -0.3 is 10.1 Å².